The Morgan fingerprint density at radius 1 is 1.44 bits per heavy atom. The number of aryl methyl sites for hydroxylation is 2. The van der Waals surface area contributed by atoms with Gasteiger partial charge in [-0.15, -0.1) is 0 Å². The predicted octanol–water partition coefficient (Wildman–Crippen LogP) is 2.15. The lowest BCUT2D eigenvalue weighted by molar-refractivity contribution is 0.253. The summed E-state index contributed by atoms with van der Waals surface area (Å²) in [4.78, 5) is 8.86. The van der Waals surface area contributed by atoms with Crippen LogP contribution in [0.5, 0.6) is 0 Å². The molecule has 4 nitrogen and oxygen atoms in total. The first-order valence-electron chi connectivity index (χ1n) is 6.90. The van der Waals surface area contributed by atoms with Gasteiger partial charge in [0.25, 0.3) is 0 Å². The minimum absolute atomic E-state index is 0.337. The van der Waals surface area contributed by atoms with Crippen LogP contribution in [0.3, 0.4) is 0 Å². The molecule has 0 spiro atoms. The third-order valence-corrected chi connectivity index (χ3v) is 3.64. The van der Waals surface area contributed by atoms with Crippen molar-refractivity contribution in [3.63, 3.8) is 0 Å². The zero-order valence-corrected chi connectivity index (χ0v) is 11.7. The predicted molar refractivity (Wildman–Crippen MR) is 74.8 cm³/mol. The van der Waals surface area contributed by atoms with Gasteiger partial charge < -0.3 is 10.6 Å². The van der Waals surface area contributed by atoms with Gasteiger partial charge in [0.05, 0.1) is 0 Å². The van der Waals surface area contributed by atoms with Gasteiger partial charge in [-0.2, -0.15) is 0 Å². The Balaban J connectivity index is 1.98. The van der Waals surface area contributed by atoms with Crippen LogP contribution in [0.2, 0.25) is 0 Å². The second-order valence-corrected chi connectivity index (χ2v) is 5.59. The van der Waals surface area contributed by atoms with Crippen molar-refractivity contribution in [2.75, 3.05) is 25.0 Å². The second-order valence-electron chi connectivity index (χ2n) is 5.59. The minimum Gasteiger partial charge on any atom is -0.369 e. The summed E-state index contributed by atoms with van der Waals surface area (Å²) in [5, 5.41) is 6.95. The molecule has 0 radical (unpaired) electrons. The summed E-state index contributed by atoms with van der Waals surface area (Å²) in [5.74, 6) is 1.81. The molecule has 2 rings (SSSR count). The van der Waals surface area contributed by atoms with Gasteiger partial charge in [-0.3, -0.25) is 0 Å². The van der Waals surface area contributed by atoms with E-state index in [0.717, 1.165) is 43.4 Å². The maximum absolute atomic E-state index is 4.45. The first-order valence-corrected chi connectivity index (χ1v) is 6.90. The van der Waals surface area contributed by atoms with Crippen LogP contribution >= 0.6 is 0 Å². The standard InChI is InChI=1S/C14H24N4/c1-4-12-8-13(18-11(2)17-12)16-10-14(3)6-5-7-15-9-14/h8,15H,4-7,9-10H2,1-3H3,(H,16,17,18). The van der Waals surface area contributed by atoms with Crippen LogP contribution in [0, 0.1) is 12.3 Å². The molecule has 0 bridgehead atoms. The molecule has 2 heterocycles. The lowest BCUT2D eigenvalue weighted by atomic mass is 9.83. The van der Waals surface area contributed by atoms with Crippen LogP contribution in [-0.4, -0.2) is 29.6 Å². The first kappa shape index (κ1) is 13.3. The summed E-state index contributed by atoms with van der Waals surface area (Å²) in [6.07, 6.45) is 3.50. The third-order valence-electron chi connectivity index (χ3n) is 3.64. The van der Waals surface area contributed by atoms with Crippen molar-refractivity contribution in [2.45, 2.75) is 40.0 Å². The number of piperidine rings is 1. The SMILES string of the molecule is CCc1cc(NCC2(C)CCCNC2)nc(C)n1. The van der Waals surface area contributed by atoms with E-state index in [9.17, 15) is 0 Å². The Morgan fingerprint density at radius 2 is 2.28 bits per heavy atom. The van der Waals surface area contributed by atoms with E-state index >= 15 is 0 Å². The van der Waals surface area contributed by atoms with E-state index in [4.69, 9.17) is 0 Å². The molecule has 18 heavy (non-hydrogen) atoms. The summed E-state index contributed by atoms with van der Waals surface area (Å²) >= 11 is 0. The molecule has 1 aromatic heterocycles. The molecule has 1 aliphatic rings. The Labute approximate surface area is 110 Å². The van der Waals surface area contributed by atoms with Crippen molar-refractivity contribution in [1.29, 1.82) is 0 Å². The smallest absolute Gasteiger partial charge is 0.129 e. The molecule has 1 aromatic rings. The van der Waals surface area contributed by atoms with E-state index in [0.29, 0.717) is 5.41 Å². The Morgan fingerprint density at radius 3 is 2.94 bits per heavy atom. The summed E-state index contributed by atoms with van der Waals surface area (Å²) < 4.78 is 0. The Kier molecular flexibility index (Phi) is 4.17. The molecule has 0 aromatic carbocycles. The molecule has 1 atom stereocenters. The number of nitrogens with one attached hydrogen (secondary N) is 2. The molecule has 100 valence electrons. The number of rotatable bonds is 4. The third kappa shape index (κ3) is 3.42. The van der Waals surface area contributed by atoms with Crippen LogP contribution < -0.4 is 10.6 Å². The molecule has 4 heteroatoms. The Hall–Kier alpha value is -1.16. The summed E-state index contributed by atoms with van der Waals surface area (Å²) in [6.45, 7) is 9.62. The van der Waals surface area contributed by atoms with E-state index in [2.05, 4.69) is 40.5 Å². The first-order chi connectivity index (χ1) is 8.61. The summed E-state index contributed by atoms with van der Waals surface area (Å²) in [5.41, 5.74) is 1.45. The molecular formula is C14H24N4. The molecule has 0 aliphatic carbocycles. The van der Waals surface area contributed by atoms with Gasteiger partial charge in [-0.05, 0) is 38.1 Å². The molecule has 0 saturated carbocycles. The quantitative estimate of drug-likeness (QED) is 0.857. The summed E-state index contributed by atoms with van der Waals surface area (Å²) in [6, 6.07) is 2.06. The number of nitrogens with zero attached hydrogens (tertiary/aromatic N) is 2. The molecule has 1 unspecified atom stereocenters. The maximum atomic E-state index is 4.45. The van der Waals surface area contributed by atoms with Crippen LogP contribution in [0.25, 0.3) is 0 Å². The Bertz CT molecular complexity index is 397. The zero-order chi connectivity index (χ0) is 13.0. The largest absolute Gasteiger partial charge is 0.369 e. The maximum Gasteiger partial charge on any atom is 0.129 e. The minimum atomic E-state index is 0.337. The highest BCUT2D eigenvalue weighted by atomic mass is 15.0. The number of hydrogen-bond donors (Lipinski definition) is 2. The van der Waals surface area contributed by atoms with Gasteiger partial charge >= 0.3 is 0 Å². The van der Waals surface area contributed by atoms with Gasteiger partial charge in [0, 0.05) is 24.8 Å². The van der Waals surface area contributed by atoms with Crippen molar-refractivity contribution in [1.82, 2.24) is 15.3 Å². The van der Waals surface area contributed by atoms with E-state index in [-0.39, 0.29) is 0 Å². The fraction of sp³-hybridized carbons (Fsp3) is 0.714. The normalized spacial score (nSPS) is 23.9. The van der Waals surface area contributed by atoms with Crippen LogP contribution in [0.15, 0.2) is 6.07 Å². The monoisotopic (exact) mass is 248 g/mol. The average Bonchev–Trinajstić information content (AvgIpc) is 2.37. The highest BCUT2D eigenvalue weighted by Crippen LogP contribution is 2.25. The topological polar surface area (TPSA) is 49.8 Å². The van der Waals surface area contributed by atoms with E-state index < -0.39 is 0 Å². The fourth-order valence-corrected chi connectivity index (χ4v) is 2.47. The van der Waals surface area contributed by atoms with Gasteiger partial charge in [0.15, 0.2) is 0 Å². The van der Waals surface area contributed by atoms with Gasteiger partial charge in [0.1, 0.15) is 11.6 Å². The number of hydrogen-bond acceptors (Lipinski definition) is 4. The van der Waals surface area contributed by atoms with Crippen LogP contribution in [0.1, 0.15) is 38.2 Å². The van der Waals surface area contributed by atoms with Crippen molar-refractivity contribution in [3.8, 4) is 0 Å². The molecule has 1 aliphatic heterocycles. The van der Waals surface area contributed by atoms with Gasteiger partial charge in [-0.25, -0.2) is 9.97 Å². The van der Waals surface area contributed by atoms with Crippen LogP contribution in [0.4, 0.5) is 5.82 Å². The highest BCUT2D eigenvalue weighted by molar-refractivity contribution is 5.36. The lowest BCUT2D eigenvalue weighted by Gasteiger charge is -2.34. The highest BCUT2D eigenvalue weighted by Gasteiger charge is 2.26. The second kappa shape index (κ2) is 5.65. The summed E-state index contributed by atoms with van der Waals surface area (Å²) in [7, 11) is 0. The molecule has 1 fully saturated rings. The number of anilines is 1. The lowest BCUT2D eigenvalue weighted by Crippen LogP contribution is -2.42. The fourth-order valence-electron chi connectivity index (χ4n) is 2.47. The van der Waals surface area contributed by atoms with Gasteiger partial charge in [-0.1, -0.05) is 13.8 Å². The molecule has 2 N–H and O–H groups in total. The van der Waals surface area contributed by atoms with E-state index in [1.807, 2.05) is 6.92 Å². The molecule has 0 amide bonds. The molecule has 1 saturated heterocycles. The van der Waals surface area contributed by atoms with Crippen LogP contribution in [-0.2, 0) is 6.42 Å². The molecular weight excluding hydrogens is 224 g/mol. The van der Waals surface area contributed by atoms with Crippen molar-refractivity contribution < 1.29 is 0 Å². The number of aromatic nitrogens is 2. The zero-order valence-electron chi connectivity index (χ0n) is 11.7. The van der Waals surface area contributed by atoms with Gasteiger partial charge in [0.2, 0.25) is 0 Å². The van der Waals surface area contributed by atoms with Crippen molar-refractivity contribution in [2.24, 2.45) is 5.41 Å². The van der Waals surface area contributed by atoms with E-state index in [1.165, 1.54) is 12.8 Å². The van der Waals surface area contributed by atoms with Crippen molar-refractivity contribution >= 4 is 5.82 Å². The average molecular weight is 248 g/mol. The van der Waals surface area contributed by atoms with E-state index in [1.54, 1.807) is 0 Å². The van der Waals surface area contributed by atoms with Crippen molar-refractivity contribution in [3.05, 3.63) is 17.6 Å².